The molecule has 2 N–H and O–H groups in total. The minimum absolute atomic E-state index is 0. The predicted octanol–water partition coefficient (Wildman–Crippen LogP) is 4.05. The maximum absolute atomic E-state index is 5.81. The topological polar surface area (TPSA) is 45.7 Å². The molecule has 0 spiro atoms. The number of nitrogens with one attached hydrogen (secondary N) is 2. The van der Waals surface area contributed by atoms with E-state index in [2.05, 4.69) is 58.3 Å². The molecule has 0 radical (unpaired) electrons. The highest BCUT2D eigenvalue weighted by molar-refractivity contribution is 14.0. The first-order valence-corrected chi connectivity index (χ1v) is 9.84. The summed E-state index contributed by atoms with van der Waals surface area (Å²) in [6, 6.07) is 18.7. The van der Waals surface area contributed by atoms with Gasteiger partial charge in [-0.3, -0.25) is 4.99 Å². The molecule has 0 saturated carbocycles. The van der Waals surface area contributed by atoms with Crippen molar-refractivity contribution in [3.8, 4) is 0 Å². The molecule has 2 aromatic carbocycles. The standard InChI is InChI=1S/C20H27N3OS.HI/c1-21-20(22-11-12-25-2)23-14-18-9-6-10-19(13-18)16-24-15-17-7-4-3-5-8-17;/h3-10,13H,11-12,14-16H2,1-2H3,(H2,21,22,23);1H. The average molecular weight is 485 g/mol. The first kappa shape index (κ1) is 22.8. The molecule has 0 amide bonds. The maximum Gasteiger partial charge on any atom is 0.191 e. The molecule has 4 nitrogen and oxygen atoms in total. The molecule has 2 aromatic rings. The van der Waals surface area contributed by atoms with Crippen molar-refractivity contribution in [1.29, 1.82) is 0 Å². The van der Waals surface area contributed by atoms with E-state index >= 15 is 0 Å². The van der Waals surface area contributed by atoms with Crippen molar-refractivity contribution in [3.05, 3.63) is 71.3 Å². The molecule has 0 aromatic heterocycles. The monoisotopic (exact) mass is 485 g/mol. The summed E-state index contributed by atoms with van der Waals surface area (Å²) < 4.78 is 5.81. The summed E-state index contributed by atoms with van der Waals surface area (Å²) in [6.45, 7) is 2.90. The molecule has 0 heterocycles. The number of nitrogens with zero attached hydrogens (tertiary/aromatic N) is 1. The molecule has 0 aliphatic carbocycles. The molecule has 0 bridgehead atoms. The largest absolute Gasteiger partial charge is 0.372 e. The second kappa shape index (κ2) is 13.9. The Morgan fingerprint density at radius 2 is 1.65 bits per heavy atom. The van der Waals surface area contributed by atoms with Gasteiger partial charge in [0.15, 0.2) is 5.96 Å². The molecule has 0 aliphatic heterocycles. The minimum atomic E-state index is 0. The van der Waals surface area contributed by atoms with E-state index in [9.17, 15) is 0 Å². The summed E-state index contributed by atoms with van der Waals surface area (Å²) in [5, 5.41) is 6.64. The van der Waals surface area contributed by atoms with Gasteiger partial charge in [-0.15, -0.1) is 24.0 Å². The van der Waals surface area contributed by atoms with E-state index in [0.717, 1.165) is 24.8 Å². The lowest BCUT2D eigenvalue weighted by atomic mass is 10.1. The van der Waals surface area contributed by atoms with Crippen molar-refractivity contribution >= 4 is 41.7 Å². The Labute approximate surface area is 178 Å². The van der Waals surface area contributed by atoms with E-state index in [1.54, 1.807) is 7.05 Å². The zero-order chi connectivity index (χ0) is 17.7. The van der Waals surface area contributed by atoms with Crippen molar-refractivity contribution in [2.24, 2.45) is 4.99 Å². The maximum atomic E-state index is 5.81. The normalized spacial score (nSPS) is 10.9. The van der Waals surface area contributed by atoms with Gasteiger partial charge in [-0.1, -0.05) is 54.6 Å². The molecular weight excluding hydrogens is 457 g/mol. The van der Waals surface area contributed by atoms with E-state index in [4.69, 9.17) is 4.74 Å². The third kappa shape index (κ3) is 8.91. The van der Waals surface area contributed by atoms with E-state index in [1.807, 2.05) is 30.0 Å². The SMILES string of the molecule is CN=C(NCCSC)NCc1cccc(COCc2ccccc2)c1.I. The van der Waals surface area contributed by atoms with Crippen LogP contribution in [0.1, 0.15) is 16.7 Å². The summed E-state index contributed by atoms with van der Waals surface area (Å²) in [6.07, 6.45) is 2.10. The number of rotatable bonds is 9. The highest BCUT2D eigenvalue weighted by atomic mass is 127. The van der Waals surface area contributed by atoms with Gasteiger partial charge >= 0.3 is 0 Å². The molecule has 0 saturated heterocycles. The van der Waals surface area contributed by atoms with Gasteiger partial charge in [-0.05, 0) is 22.9 Å². The fraction of sp³-hybridized carbons (Fsp3) is 0.350. The van der Waals surface area contributed by atoms with Gasteiger partial charge in [0.1, 0.15) is 0 Å². The number of halogens is 1. The van der Waals surface area contributed by atoms with Crippen LogP contribution in [0, 0.1) is 0 Å². The van der Waals surface area contributed by atoms with E-state index in [1.165, 1.54) is 16.7 Å². The number of ether oxygens (including phenoxy) is 1. The zero-order valence-corrected chi connectivity index (χ0v) is 18.6. The van der Waals surface area contributed by atoms with Crippen LogP contribution in [-0.4, -0.2) is 31.6 Å². The van der Waals surface area contributed by atoms with Gasteiger partial charge in [0.25, 0.3) is 0 Å². The van der Waals surface area contributed by atoms with E-state index < -0.39 is 0 Å². The Hall–Kier alpha value is -1.25. The molecule has 26 heavy (non-hydrogen) atoms. The van der Waals surface area contributed by atoms with Crippen LogP contribution < -0.4 is 10.6 Å². The lowest BCUT2D eigenvalue weighted by Gasteiger charge is -2.12. The Morgan fingerprint density at radius 3 is 2.38 bits per heavy atom. The van der Waals surface area contributed by atoms with Crippen molar-refractivity contribution < 1.29 is 4.74 Å². The lowest BCUT2D eigenvalue weighted by molar-refractivity contribution is 0.107. The van der Waals surface area contributed by atoms with Crippen molar-refractivity contribution in [1.82, 2.24) is 10.6 Å². The summed E-state index contributed by atoms with van der Waals surface area (Å²) in [4.78, 5) is 4.24. The molecule has 0 aliphatic rings. The second-order valence-electron chi connectivity index (χ2n) is 5.64. The highest BCUT2D eigenvalue weighted by Gasteiger charge is 2.00. The van der Waals surface area contributed by atoms with Gasteiger partial charge in [0, 0.05) is 25.9 Å². The number of hydrogen-bond acceptors (Lipinski definition) is 3. The minimum Gasteiger partial charge on any atom is -0.372 e. The molecule has 142 valence electrons. The third-order valence-electron chi connectivity index (χ3n) is 3.65. The Morgan fingerprint density at radius 1 is 0.962 bits per heavy atom. The van der Waals surface area contributed by atoms with Crippen molar-refractivity contribution in [2.75, 3.05) is 25.6 Å². The number of thioether (sulfide) groups is 1. The summed E-state index contributed by atoms with van der Waals surface area (Å²) in [7, 11) is 1.79. The van der Waals surface area contributed by atoms with Crippen molar-refractivity contribution in [2.45, 2.75) is 19.8 Å². The van der Waals surface area contributed by atoms with E-state index in [-0.39, 0.29) is 24.0 Å². The van der Waals surface area contributed by atoms with Gasteiger partial charge < -0.3 is 15.4 Å². The second-order valence-corrected chi connectivity index (χ2v) is 6.63. The van der Waals surface area contributed by atoms with Gasteiger partial charge in [-0.25, -0.2) is 0 Å². The van der Waals surface area contributed by atoms with Crippen LogP contribution in [-0.2, 0) is 24.5 Å². The molecule has 0 fully saturated rings. The number of guanidine groups is 1. The average Bonchev–Trinajstić information content (AvgIpc) is 2.66. The van der Waals surface area contributed by atoms with Gasteiger partial charge in [0.2, 0.25) is 0 Å². The summed E-state index contributed by atoms with van der Waals surface area (Å²) in [5.41, 5.74) is 3.59. The third-order valence-corrected chi connectivity index (χ3v) is 4.27. The van der Waals surface area contributed by atoms with Crippen LogP contribution in [0.25, 0.3) is 0 Å². The summed E-state index contributed by atoms with van der Waals surface area (Å²) >= 11 is 1.82. The fourth-order valence-corrected chi connectivity index (χ4v) is 2.67. The molecule has 2 rings (SSSR count). The summed E-state index contributed by atoms with van der Waals surface area (Å²) in [5.74, 6) is 1.90. The van der Waals surface area contributed by atoms with Gasteiger partial charge in [0.05, 0.1) is 13.2 Å². The quantitative estimate of drug-likeness (QED) is 0.244. The van der Waals surface area contributed by atoms with E-state index in [0.29, 0.717) is 13.2 Å². The number of benzene rings is 2. The smallest absolute Gasteiger partial charge is 0.191 e. The van der Waals surface area contributed by atoms with Gasteiger partial charge in [-0.2, -0.15) is 11.8 Å². The van der Waals surface area contributed by atoms with Crippen LogP contribution in [0.5, 0.6) is 0 Å². The van der Waals surface area contributed by atoms with Crippen LogP contribution in [0.15, 0.2) is 59.6 Å². The molecule has 0 atom stereocenters. The van der Waals surface area contributed by atoms with Crippen LogP contribution in [0.2, 0.25) is 0 Å². The van der Waals surface area contributed by atoms with Crippen molar-refractivity contribution in [3.63, 3.8) is 0 Å². The Kier molecular flexibility index (Phi) is 12.2. The first-order valence-electron chi connectivity index (χ1n) is 8.44. The van der Waals surface area contributed by atoms with Crippen LogP contribution >= 0.6 is 35.7 Å². The first-order chi connectivity index (χ1) is 12.3. The highest BCUT2D eigenvalue weighted by Crippen LogP contribution is 2.09. The number of hydrogen-bond donors (Lipinski definition) is 2. The van der Waals surface area contributed by atoms with Crippen LogP contribution in [0.4, 0.5) is 0 Å². The number of aliphatic imine (C=N–C) groups is 1. The zero-order valence-electron chi connectivity index (χ0n) is 15.4. The predicted molar refractivity (Wildman–Crippen MR) is 123 cm³/mol. The lowest BCUT2D eigenvalue weighted by Crippen LogP contribution is -2.37. The Balaban J connectivity index is 0.00000338. The molecular formula is C20H28IN3OS. The molecule has 6 heteroatoms. The molecule has 0 unspecified atom stereocenters. The fourth-order valence-electron chi connectivity index (χ4n) is 2.37. The van der Waals surface area contributed by atoms with Crippen LogP contribution in [0.3, 0.4) is 0 Å². The Bertz CT molecular complexity index is 653.